The van der Waals surface area contributed by atoms with Gasteiger partial charge in [-0.1, -0.05) is 25.3 Å². The number of esters is 2. The van der Waals surface area contributed by atoms with Gasteiger partial charge in [0, 0.05) is 18.6 Å². The van der Waals surface area contributed by atoms with Crippen LogP contribution in [0.2, 0.25) is 0 Å². The molecule has 4 nitrogen and oxygen atoms in total. The Kier molecular flexibility index (Phi) is 9.64. The highest BCUT2D eigenvalue weighted by Gasteiger charge is 2.00. The van der Waals surface area contributed by atoms with E-state index in [1.54, 1.807) is 0 Å². The van der Waals surface area contributed by atoms with Gasteiger partial charge in [0.2, 0.25) is 0 Å². The average Bonchev–Trinajstić information content (AvgIpc) is 2.31. The van der Waals surface area contributed by atoms with E-state index in [9.17, 15) is 9.59 Å². The zero-order valence-corrected chi connectivity index (χ0v) is 11.2. The Hall–Kier alpha value is -1.58. The smallest absolute Gasteiger partial charge is 0.331 e. The van der Waals surface area contributed by atoms with Gasteiger partial charge in [-0.25, -0.2) is 9.59 Å². The van der Waals surface area contributed by atoms with Crippen LogP contribution in [0.15, 0.2) is 24.3 Å². The van der Waals surface area contributed by atoms with E-state index in [4.69, 9.17) is 9.47 Å². The van der Waals surface area contributed by atoms with Gasteiger partial charge in [0.25, 0.3) is 0 Å². The lowest BCUT2D eigenvalue weighted by Gasteiger charge is -2.01. The monoisotopic (exact) mass is 254 g/mol. The Balaban J connectivity index is 3.68. The van der Waals surface area contributed by atoms with Crippen molar-refractivity contribution in [1.29, 1.82) is 0 Å². The molecule has 0 N–H and O–H groups in total. The first-order valence-electron chi connectivity index (χ1n) is 6.22. The first kappa shape index (κ1) is 16.4. The molecule has 102 valence electrons. The largest absolute Gasteiger partial charge is 0.463 e. The van der Waals surface area contributed by atoms with Crippen molar-refractivity contribution < 1.29 is 19.1 Å². The van der Waals surface area contributed by atoms with E-state index in [2.05, 4.69) is 13.5 Å². The molecule has 0 aliphatic heterocycles. The molecule has 0 aliphatic rings. The topological polar surface area (TPSA) is 52.6 Å². The third kappa shape index (κ3) is 10.9. The van der Waals surface area contributed by atoms with Gasteiger partial charge in [-0.3, -0.25) is 0 Å². The van der Waals surface area contributed by atoms with Crippen LogP contribution in [0.3, 0.4) is 0 Å². The summed E-state index contributed by atoms with van der Waals surface area (Å²) in [7, 11) is 0. The maximum atomic E-state index is 11.2. The highest BCUT2D eigenvalue weighted by atomic mass is 16.5. The average molecular weight is 254 g/mol. The Morgan fingerprint density at radius 1 is 1.06 bits per heavy atom. The molecule has 0 radical (unpaired) electrons. The van der Waals surface area contributed by atoms with Crippen molar-refractivity contribution in [3.05, 3.63) is 24.3 Å². The van der Waals surface area contributed by atoms with Crippen molar-refractivity contribution in [2.24, 2.45) is 0 Å². The van der Waals surface area contributed by atoms with Crippen LogP contribution in [0.4, 0.5) is 0 Å². The normalized spacial score (nSPS) is 10.3. The van der Waals surface area contributed by atoms with Crippen molar-refractivity contribution in [3.8, 4) is 0 Å². The van der Waals surface area contributed by atoms with E-state index in [0.29, 0.717) is 13.0 Å². The number of hydrogen-bond acceptors (Lipinski definition) is 4. The molecule has 0 unspecified atom stereocenters. The fraction of sp³-hybridized carbons (Fsp3) is 0.571. The molecule has 0 heterocycles. The van der Waals surface area contributed by atoms with E-state index in [1.165, 1.54) is 0 Å². The second kappa shape index (κ2) is 10.6. The summed E-state index contributed by atoms with van der Waals surface area (Å²) in [6, 6.07) is 0. The van der Waals surface area contributed by atoms with Gasteiger partial charge in [-0.05, 0) is 13.3 Å². The van der Waals surface area contributed by atoms with Crippen molar-refractivity contribution in [3.63, 3.8) is 0 Å². The first-order valence-corrected chi connectivity index (χ1v) is 6.22. The SMILES string of the molecule is C=C(C)CCOC(=O)/C=C/C(=O)OCCCCC. The minimum absolute atomic E-state index is 0.282. The zero-order chi connectivity index (χ0) is 13.8. The number of carbonyl (C=O) groups is 2. The molecule has 0 aliphatic carbocycles. The van der Waals surface area contributed by atoms with Crippen molar-refractivity contribution in [2.45, 2.75) is 39.5 Å². The van der Waals surface area contributed by atoms with E-state index in [0.717, 1.165) is 37.0 Å². The van der Waals surface area contributed by atoms with E-state index in [1.807, 2.05) is 6.92 Å². The van der Waals surface area contributed by atoms with Crippen LogP contribution in [-0.2, 0) is 19.1 Å². The molecular weight excluding hydrogens is 232 g/mol. The summed E-state index contributed by atoms with van der Waals surface area (Å²) in [5.74, 6) is -1.05. The lowest BCUT2D eigenvalue weighted by atomic mass is 10.3. The number of unbranched alkanes of at least 4 members (excludes halogenated alkanes) is 2. The quantitative estimate of drug-likeness (QED) is 0.275. The summed E-state index contributed by atoms with van der Waals surface area (Å²) in [6.07, 6.45) is 5.75. The summed E-state index contributed by atoms with van der Waals surface area (Å²) < 4.78 is 9.74. The van der Waals surface area contributed by atoms with Crippen LogP contribution in [0.1, 0.15) is 39.5 Å². The second-order valence-electron chi connectivity index (χ2n) is 4.08. The molecule has 0 spiro atoms. The summed E-state index contributed by atoms with van der Waals surface area (Å²) in [6.45, 7) is 8.29. The molecule has 18 heavy (non-hydrogen) atoms. The molecule has 0 amide bonds. The summed E-state index contributed by atoms with van der Waals surface area (Å²) >= 11 is 0. The Labute approximate surface area is 109 Å². The van der Waals surface area contributed by atoms with Crippen LogP contribution < -0.4 is 0 Å². The predicted octanol–water partition coefficient (Wildman–Crippen LogP) is 2.79. The molecule has 0 saturated heterocycles. The molecular formula is C14H22O4. The second-order valence-corrected chi connectivity index (χ2v) is 4.08. The third-order valence-electron chi connectivity index (χ3n) is 2.12. The van der Waals surface area contributed by atoms with Gasteiger partial charge in [0.15, 0.2) is 0 Å². The van der Waals surface area contributed by atoms with Gasteiger partial charge in [0.05, 0.1) is 13.2 Å². The number of ether oxygens (including phenoxy) is 2. The number of rotatable bonds is 9. The fourth-order valence-electron chi connectivity index (χ4n) is 1.08. The van der Waals surface area contributed by atoms with E-state index in [-0.39, 0.29) is 6.61 Å². The van der Waals surface area contributed by atoms with Crippen molar-refractivity contribution in [2.75, 3.05) is 13.2 Å². The van der Waals surface area contributed by atoms with E-state index < -0.39 is 11.9 Å². The minimum Gasteiger partial charge on any atom is -0.463 e. The van der Waals surface area contributed by atoms with Gasteiger partial charge >= 0.3 is 11.9 Å². The molecule has 0 saturated carbocycles. The van der Waals surface area contributed by atoms with Crippen LogP contribution in [-0.4, -0.2) is 25.2 Å². The van der Waals surface area contributed by atoms with Crippen LogP contribution in [0.5, 0.6) is 0 Å². The van der Waals surface area contributed by atoms with Crippen LogP contribution >= 0.6 is 0 Å². The molecule has 0 aromatic carbocycles. The number of carbonyl (C=O) groups excluding carboxylic acids is 2. The molecule has 0 aromatic heterocycles. The maximum absolute atomic E-state index is 11.2. The Morgan fingerprint density at radius 2 is 1.61 bits per heavy atom. The first-order chi connectivity index (χ1) is 8.56. The van der Waals surface area contributed by atoms with Crippen LogP contribution in [0.25, 0.3) is 0 Å². The summed E-state index contributed by atoms with van der Waals surface area (Å²) in [4.78, 5) is 22.3. The lowest BCUT2D eigenvalue weighted by Crippen LogP contribution is -2.06. The zero-order valence-electron chi connectivity index (χ0n) is 11.2. The highest BCUT2D eigenvalue weighted by molar-refractivity contribution is 5.91. The summed E-state index contributed by atoms with van der Waals surface area (Å²) in [5.41, 5.74) is 0.946. The van der Waals surface area contributed by atoms with Gasteiger partial charge in [0.1, 0.15) is 0 Å². The third-order valence-corrected chi connectivity index (χ3v) is 2.12. The van der Waals surface area contributed by atoms with E-state index >= 15 is 0 Å². The highest BCUT2D eigenvalue weighted by Crippen LogP contribution is 1.97. The number of hydrogen-bond donors (Lipinski definition) is 0. The predicted molar refractivity (Wildman–Crippen MR) is 70.0 cm³/mol. The fourth-order valence-corrected chi connectivity index (χ4v) is 1.08. The van der Waals surface area contributed by atoms with Gasteiger partial charge in [-0.2, -0.15) is 0 Å². The molecule has 4 heteroatoms. The molecule has 0 fully saturated rings. The Bertz CT molecular complexity index is 305. The minimum atomic E-state index is -0.540. The van der Waals surface area contributed by atoms with Gasteiger partial charge < -0.3 is 9.47 Å². The molecule has 0 atom stereocenters. The summed E-state index contributed by atoms with van der Waals surface area (Å²) in [5, 5.41) is 0. The standard InChI is InChI=1S/C14H22O4/c1-4-5-6-10-17-13(15)7-8-14(16)18-11-9-12(2)3/h7-8H,2,4-6,9-11H2,1,3H3/b8-7+. The Morgan fingerprint density at radius 3 is 2.11 bits per heavy atom. The van der Waals surface area contributed by atoms with Crippen LogP contribution in [0, 0.1) is 0 Å². The van der Waals surface area contributed by atoms with Gasteiger partial charge in [-0.15, -0.1) is 6.58 Å². The van der Waals surface area contributed by atoms with Crippen molar-refractivity contribution >= 4 is 11.9 Å². The van der Waals surface area contributed by atoms with Crippen molar-refractivity contribution in [1.82, 2.24) is 0 Å². The lowest BCUT2D eigenvalue weighted by molar-refractivity contribution is -0.140. The molecule has 0 rings (SSSR count). The molecule has 0 bridgehead atoms. The maximum Gasteiger partial charge on any atom is 0.331 e. The molecule has 0 aromatic rings.